The molecular formula is C20H19NO5S. The first kappa shape index (κ1) is 20.3. The first-order valence-electron chi connectivity index (χ1n) is 8.29. The van der Waals surface area contributed by atoms with Crippen LogP contribution in [0.25, 0.3) is 17.4 Å². The van der Waals surface area contributed by atoms with Crippen molar-refractivity contribution in [1.29, 1.82) is 0 Å². The Kier molecular flexibility index (Phi) is 6.79. The van der Waals surface area contributed by atoms with E-state index in [0.717, 1.165) is 16.7 Å². The molecule has 0 unspecified atom stereocenters. The van der Waals surface area contributed by atoms with Gasteiger partial charge >= 0.3 is 5.97 Å². The Balaban J connectivity index is 0.00000126. The average Bonchev–Trinajstić information content (AvgIpc) is 3.24. The number of thioether (sulfide) groups is 1. The van der Waals surface area contributed by atoms with Crippen LogP contribution in [-0.2, 0) is 4.79 Å². The van der Waals surface area contributed by atoms with Gasteiger partial charge in [0.25, 0.3) is 11.1 Å². The summed E-state index contributed by atoms with van der Waals surface area (Å²) in [5.41, 5.74) is 0.899. The molecular weight excluding hydrogens is 366 g/mol. The van der Waals surface area contributed by atoms with E-state index in [1.807, 2.05) is 13.8 Å². The second-order valence-electron chi connectivity index (χ2n) is 5.17. The zero-order chi connectivity index (χ0) is 20.0. The molecule has 3 rings (SSSR count). The second kappa shape index (κ2) is 9.05. The smallest absolute Gasteiger partial charge is 0.335 e. The lowest BCUT2D eigenvalue weighted by Gasteiger charge is -2.07. The number of carboxylic acids is 1. The van der Waals surface area contributed by atoms with Crippen molar-refractivity contribution in [3.8, 4) is 11.3 Å². The standard InChI is InChI=1S/C18H13NO5S.C2H6/c1-2-9-19-16(20)15(25-18(19)23)10-13-7-8-14(24-13)11-3-5-12(6-4-11)17(21)22;1-2/h2-8,10H,1,9H2,(H,21,22);1-2H3/b15-10-;. The number of carbonyl (C=O) groups excluding carboxylic acids is 2. The Morgan fingerprint density at radius 1 is 1.19 bits per heavy atom. The number of furan rings is 1. The molecule has 1 fully saturated rings. The summed E-state index contributed by atoms with van der Waals surface area (Å²) in [5, 5.41) is 8.57. The lowest BCUT2D eigenvalue weighted by Crippen LogP contribution is -2.27. The molecule has 1 aliphatic heterocycles. The van der Waals surface area contributed by atoms with Crippen LogP contribution in [0.5, 0.6) is 0 Å². The van der Waals surface area contributed by atoms with Crippen molar-refractivity contribution in [1.82, 2.24) is 4.90 Å². The highest BCUT2D eigenvalue weighted by atomic mass is 32.2. The van der Waals surface area contributed by atoms with Crippen molar-refractivity contribution in [3.63, 3.8) is 0 Å². The van der Waals surface area contributed by atoms with Crippen LogP contribution < -0.4 is 0 Å². The quantitative estimate of drug-likeness (QED) is 0.582. The fraction of sp³-hybridized carbons (Fsp3) is 0.150. The summed E-state index contributed by atoms with van der Waals surface area (Å²) in [7, 11) is 0. The minimum Gasteiger partial charge on any atom is -0.478 e. The zero-order valence-electron chi connectivity index (χ0n) is 15.0. The normalized spacial score (nSPS) is 14.9. The predicted molar refractivity (Wildman–Crippen MR) is 105 cm³/mol. The summed E-state index contributed by atoms with van der Waals surface area (Å²) in [5.74, 6) is -0.407. The number of carbonyl (C=O) groups is 3. The summed E-state index contributed by atoms with van der Waals surface area (Å²) >= 11 is 0.852. The number of benzene rings is 1. The van der Waals surface area contributed by atoms with Gasteiger partial charge in [-0.3, -0.25) is 14.5 Å². The van der Waals surface area contributed by atoms with Crippen LogP contribution in [0.3, 0.4) is 0 Å². The van der Waals surface area contributed by atoms with E-state index < -0.39 is 5.97 Å². The maximum atomic E-state index is 12.2. The van der Waals surface area contributed by atoms with Gasteiger partial charge in [0.05, 0.1) is 10.5 Å². The molecule has 2 heterocycles. The van der Waals surface area contributed by atoms with Crippen LogP contribution in [0.2, 0.25) is 0 Å². The molecule has 0 aliphatic carbocycles. The Morgan fingerprint density at radius 2 is 1.85 bits per heavy atom. The van der Waals surface area contributed by atoms with E-state index in [9.17, 15) is 14.4 Å². The fourth-order valence-corrected chi connectivity index (χ4v) is 3.11. The van der Waals surface area contributed by atoms with E-state index in [2.05, 4.69) is 6.58 Å². The molecule has 0 spiro atoms. The van der Waals surface area contributed by atoms with Gasteiger partial charge in [0.15, 0.2) is 0 Å². The molecule has 1 saturated heterocycles. The minimum atomic E-state index is -0.998. The monoisotopic (exact) mass is 385 g/mol. The number of hydrogen-bond acceptors (Lipinski definition) is 5. The Hall–Kier alpha value is -3.06. The molecule has 7 heteroatoms. The summed E-state index contributed by atoms with van der Waals surface area (Å²) in [4.78, 5) is 36.2. The predicted octanol–water partition coefficient (Wildman–Crippen LogP) is 4.89. The molecule has 1 aromatic heterocycles. The van der Waals surface area contributed by atoms with E-state index >= 15 is 0 Å². The number of carboxylic acid groups (broad SMARTS) is 1. The molecule has 0 saturated carbocycles. The number of aromatic carboxylic acids is 1. The van der Waals surface area contributed by atoms with Crippen molar-refractivity contribution < 1.29 is 23.9 Å². The molecule has 1 aliphatic rings. The van der Waals surface area contributed by atoms with Crippen LogP contribution >= 0.6 is 11.8 Å². The Bertz CT molecular complexity index is 895. The van der Waals surface area contributed by atoms with Crippen molar-refractivity contribution in [2.75, 3.05) is 6.54 Å². The lowest BCUT2D eigenvalue weighted by molar-refractivity contribution is -0.122. The van der Waals surface area contributed by atoms with E-state index in [1.54, 1.807) is 24.3 Å². The third kappa shape index (κ3) is 4.57. The summed E-state index contributed by atoms with van der Waals surface area (Å²) in [6, 6.07) is 9.66. The fourth-order valence-electron chi connectivity index (χ4n) is 2.28. The van der Waals surface area contributed by atoms with Gasteiger partial charge in [0.2, 0.25) is 0 Å². The molecule has 1 N–H and O–H groups in total. The van der Waals surface area contributed by atoms with E-state index in [1.165, 1.54) is 24.3 Å². The molecule has 0 atom stereocenters. The molecule has 0 radical (unpaired) electrons. The molecule has 2 amide bonds. The summed E-state index contributed by atoms with van der Waals surface area (Å²) in [6.45, 7) is 7.69. The first-order chi connectivity index (χ1) is 13.0. The van der Waals surface area contributed by atoms with Crippen LogP contribution in [0, 0.1) is 0 Å². The third-order valence-electron chi connectivity index (χ3n) is 3.50. The third-order valence-corrected chi connectivity index (χ3v) is 4.41. The van der Waals surface area contributed by atoms with Crippen molar-refractivity contribution >= 4 is 35.0 Å². The van der Waals surface area contributed by atoms with Crippen LogP contribution in [0.15, 0.2) is 58.4 Å². The molecule has 27 heavy (non-hydrogen) atoms. The van der Waals surface area contributed by atoms with Gasteiger partial charge in [-0.15, -0.1) is 6.58 Å². The van der Waals surface area contributed by atoms with Gasteiger partial charge in [-0.1, -0.05) is 32.1 Å². The van der Waals surface area contributed by atoms with Crippen molar-refractivity contribution in [2.24, 2.45) is 0 Å². The molecule has 0 bridgehead atoms. The topological polar surface area (TPSA) is 87.8 Å². The molecule has 1 aromatic carbocycles. The maximum Gasteiger partial charge on any atom is 0.335 e. The molecule has 6 nitrogen and oxygen atoms in total. The largest absolute Gasteiger partial charge is 0.478 e. The van der Waals surface area contributed by atoms with Crippen LogP contribution in [0.4, 0.5) is 4.79 Å². The van der Waals surface area contributed by atoms with E-state index in [0.29, 0.717) is 17.1 Å². The number of amides is 2. The van der Waals surface area contributed by atoms with Crippen molar-refractivity contribution in [2.45, 2.75) is 13.8 Å². The van der Waals surface area contributed by atoms with Gasteiger partial charge in [0.1, 0.15) is 11.5 Å². The van der Waals surface area contributed by atoms with Crippen molar-refractivity contribution in [3.05, 3.63) is 65.3 Å². The van der Waals surface area contributed by atoms with Gasteiger partial charge in [-0.05, 0) is 36.0 Å². The highest BCUT2D eigenvalue weighted by Crippen LogP contribution is 2.33. The Labute approximate surface area is 161 Å². The number of nitrogens with zero attached hydrogens (tertiary/aromatic N) is 1. The van der Waals surface area contributed by atoms with Crippen LogP contribution in [0.1, 0.15) is 30.0 Å². The zero-order valence-corrected chi connectivity index (χ0v) is 15.8. The number of imide groups is 1. The summed E-state index contributed by atoms with van der Waals surface area (Å²) in [6.07, 6.45) is 3.01. The highest BCUT2D eigenvalue weighted by Gasteiger charge is 2.34. The van der Waals surface area contributed by atoms with E-state index in [-0.39, 0.29) is 28.2 Å². The number of rotatable bonds is 5. The minimum absolute atomic E-state index is 0.168. The maximum absolute atomic E-state index is 12.2. The van der Waals surface area contributed by atoms with Gasteiger partial charge in [-0.2, -0.15) is 0 Å². The Morgan fingerprint density at radius 3 is 2.44 bits per heavy atom. The highest BCUT2D eigenvalue weighted by molar-refractivity contribution is 8.18. The average molecular weight is 385 g/mol. The lowest BCUT2D eigenvalue weighted by atomic mass is 10.1. The van der Waals surface area contributed by atoms with Gasteiger partial charge in [-0.25, -0.2) is 4.79 Å². The second-order valence-corrected chi connectivity index (χ2v) is 6.16. The molecule has 2 aromatic rings. The summed E-state index contributed by atoms with van der Waals surface area (Å²) < 4.78 is 5.67. The van der Waals surface area contributed by atoms with E-state index in [4.69, 9.17) is 9.52 Å². The SMILES string of the molecule is C=CCN1C(=O)S/C(=C\c2ccc(-c3ccc(C(=O)O)cc3)o2)C1=O.CC. The van der Waals surface area contributed by atoms with Crippen LogP contribution in [-0.4, -0.2) is 33.7 Å². The first-order valence-corrected chi connectivity index (χ1v) is 9.11. The van der Waals surface area contributed by atoms with Gasteiger partial charge < -0.3 is 9.52 Å². The molecule has 140 valence electrons. The number of hydrogen-bond donors (Lipinski definition) is 1. The van der Waals surface area contributed by atoms with Gasteiger partial charge in [0, 0.05) is 18.2 Å².